The van der Waals surface area contributed by atoms with Crippen molar-refractivity contribution in [2.75, 3.05) is 38.5 Å². The Morgan fingerprint density at radius 2 is 2.06 bits per heavy atom. The van der Waals surface area contributed by atoms with Crippen molar-refractivity contribution >= 4 is 5.69 Å². The summed E-state index contributed by atoms with van der Waals surface area (Å²) in [6.07, 6.45) is 1.18. The van der Waals surface area contributed by atoms with Crippen molar-refractivity contribution in [1.82, 2.24) is 10.2 Å². The van der Waals surface area contributed by atoms with Crippen LogP contribution in [0, 0.1) is 13.8 Å². The van der Waals surface area contributed by atoms with Crippen LogP contribution in [-0.2, 0) is 0 Å². The van der Waals surface area contributed by atoms with Crippen molar-refractivity contribution in [2.24, 2.45) is 0 Å². The molecule has 1 aromatic rings. The highest BCUT2D eigenvalue weighted by Crippen LogP contribution is 2.19. The summed E-state index contributed by atoms with van der Waals surface area (Å²) in [5.41, 5.74) is 3.98. The third kappa shape index (κ3) is 3.47. The molecule has 100 valence electrons. The van der Waals surface area contributed by atoms with Crippen molar-refractivity contribution < 1.29 is 0 Å². The topological polar surface area (TPSA) is 27.3 Å². The van der Waals surface area contributed by atoms with Crippen molar-refractivity contribution in [3.63, 3.8) is 0 Å². The number of aryl methyl sites for hydroxylation is 2. The first-order valence-electron chi connectivity index (χ1n) is 6.89. The van der Waals surface area contributed by atoms with Gasteiger partial charge in [0.25, 0.3) is 0 Å². The van der Waals surface area contributed by atoms with Crippen molar-refractivity contribution in [2.45, 2.75) is 26.3 Å². The van der Waals surface area contributed by atoms with E-state index >= 15 is 0 Å². The van der Waals surface area contributed by atoms with Gasteiger partial charge in [0, 0.05) is 37.9 Å². The fraction of sp³-hybridized carbons (Fsp3) is 0.600. The Balaban J connectivity index is 1.81. The summed E-state index contributed by atoms with van der Waals surface area (Å²) in [5.74, 6) is 0. The summed E-state index contributed by atoms with van der Waals surface area (Å²) in [7, 11) is 2.20. The molecule has 1 unspecified atom stereocenters. The summed E-state index contributed by atoms with van der Waals surface area (Å²) < 4.78 is 0. The Hall–Kier alpha value is -1.06. The van der Waals surface area contributed by atoms with Gasteiger partial charge in [-0.3, -0.25) is 0 Å². The molecule has 0 aromatic heterocycles. The van der Waals surface area contributed by atoms with Crippen LogP contribution in [0.2, 0.25) is 0 Å². The average Bonchev–Trinajstić information content (AvgIpc) is 2.33. The lowest BCUT2D eigenvalue weighted by Gasteiger charge is -2.31. The van der Waals surface area contributed by atoms with Crippen molar-refractivity contribution in [3.05, 3.63) is 29.3 Å². The fourth-order valence-corrected chi connectivity index (χ4v) is 2.65. The molecule has 0 saturated carbocycles. The molecule has 0 radical (unpaired) electrons. The number of nitrogens with one attached hydrogen (secondary N) is 2. The molecule has 2 rings (SSSR count). The minimum Gasteiger partial charge on any atom is -0.385 e. The molecule has 0 amide bonds. The first-order chi connectivity index (χ1) is 8.66. The summed E-state index contributed by atoms with van der Waals surface area (Å²) in [6, 6.07) is 7.08. The minimum absolute atomic E-state index is 0.626. The molecule has 1 aliphatic heterocycles. The highest BCUT2D eigenvalue weighted by atomic mass is 15.2. The van der Waals surface area contributed by atoms with E-state index in [9.17, 15) is 0 Å². The molecule has 1 atom stereocenters. The lowest BCUT2D eigenvalue weighted by atomic mass is 10.1. The lowest BCUT2D eigenvalue weighted by molar-refractivity contribution is 0.234. The SMILES string of the molecule is Cc1cccc(C)c1NCCC1CN(C)CCN1. The van der Waals surface area contributed by atoms with Crippen LogP contribution >= 0.6 is 0 Å². The molecule has 3 heteroatoms. The molecule has 3 nitrogen and oxygen atoms in total. The quantitative estimate of drug-likeness (QED) is 0.852. The van der Waals surface area contributed by atoms with Gasteiger partial charge in [0.15, 0.2) is 0 Å². The molecule has 1 aliphatic rings. The maximum Gasteiger partial charge on any atom is 0.0399 e. The Labute approximate surface area is 111 Å². The third-order valence-corrected chi connectivity index (χ3v) is 3.73. The first kappa shape index (κ1) is 13.4. The van der Waals surface area contributed by atoms with Gasteiger partial charge in [-0.05, 0) is 38.4 Å². The van der Waals surface area contributed by atoms with E-state index in [1.165, 1.54) is 29.8 Å². The van der Waals surface area contributed by atoms with Gasteiger partial charge in [0.1, 0.15) is 0 Å². The van der Waals surface area contributed by atoms with Crippen LogP contribution in [-0.4, -0.2) is 44.2 Å². The number of hydrogen-bond donors (Lipinski definition) is 2. The zero-order valence-electron chi connectivity index (χ0n) is 11.8. The highest BCUT2D eigenvalue weighted by Gasteiger charge is 2.15. The number of piperazine rings is 1. The van der Waals surface area contributed by atoms with Crippen LogP contribution in [0.4, 0.5) is 5.69 Å². The standard InChI is InChI=1S/C15H25N3/c1-12-5-4-6-13(2)15(12)17-8-7-14-11-18(3)10-9-16-14/h4-6,14,16-17H,7-11H2,1-3H3. The van der Waals surface area contributed by atoms with Gasteiger partial charge in [0.05, 0.1) is 0 Å². The number of benzene rings is 1. The average molecular weight is 247 g/mol. The van der Waals surface area contributed by atoms with E-state index in [1.54, 1.807) is 0 Å². The second kappa shape index (κ2) is 6.21. The summed E-state index contributed by atoms with van der Waals surface area (Å²) in [4.78, 5) is 2.40. The zero-order valence-corrected chi connectivity index (χ0v) is 11.8. The minimum atomic E-state index is 0.626. The lowest BCUT2D eigenvalue weighted by Crippen LogP contribution is -2.49. The molecule has 1 heterocycles. The molecule has 0 spiro atoms. The van der Waals surface area contributed by atoms with E-state index in [0.29, 0.717) is 6.04 Å². The first-order valence-corrected chi connectivity index (χ1v) is 6.89. The Kier molecular flexibility index (Phi) is 4.61. The molecule has 0 aliphatic carbocycles. The van der Waals surface area contributed by atoms with E-state index < -0.39 is 0 Å². The second-order valence-electron chi connectivity index (χ2n) is 5.40. The van der Waals surface area contributed by atoms with E-state index in [-0.39, 0.29) is 0 Å². The van der Waals surface area contributed by atoms with Crippen LogP contribution in [0.3, 0.4) is 0 Å². The Morgan fingerprint density at radius 3 is 2.72 bits per heavy atom. The monoisotopic (exact) mass is 247 g/mol. The number of hydrogen-bond acceptors (Lipinski definition) is 3. The maximum atomic E-state index is 3.58. The van der Waals surface area contributed by atoms with Gasteiger partial charge >= 0.3 is 0 Å². The molecule has 1 fully saturated rings. The van der Waals surface area contributed by atoms with Crippen LogP contribution in [0.1, 0.15) is 17.5 Å². The van der Waals surface area contributed by atoms with Gasteiger partial charge < -0.3 is 15.5 Å². The molecule has 1 saturated heterocycles. The predicted molar refractivity (Wildman–Crippen MR) is 78.3 cm³/mol. The van der Waals surface area contributed by atoms with Gasteiger partial charge in [-0.1, -0.05) is 18.2 Å². The molecule has 18 heavy (non-hydrogen) atoms. The van der Waals surface area contributed by atoms with Gasteiger partial charge in [0.2, 0.25) is 0 Å². The highest BCUT2D eigenvalue weighted by molar-refractivity contribution is 5.56. The number of likely N-dealkylation sites (N-methyl/N-ethyl adjacent to an activating group) is 1. The molecular weight excluding hydrogens is 222 g/mol. The normalized spacial score (nSPS) is 20.9. The summed E-state index contributed by atoms with van der Waals surface area (Å²) in [6.45, 7) is 8.82. The smallest absolute Gasteiger partial charge is 0.0399 e. The van der Waals surface area contributed by atoms with Crippen molar-refractivity contribution in [1.29, 1.82) is 0 Å². The van der Waals surface area contributed by atoms with Crippen LogP contribution in [0.15, 0.2) is 18.2 Å². The largest absolute Gasteiger partial charge is 0.385 e. The molecule has 0 bridgehead atoms. The number of para-hydroxylation sites is 1. The fourth-order valence-electron chi connectivity index (χ4n) is 2.65. The van der Waals surface area contributed by atoms with Crippen LogP contribution in [0.5, 0.6) is 0 Å². The number of anilines is 1. The predicted octanol–water partition coefficient (Wildman–Crippen LogP) is 2.01. The Bertz CT molecular complexity index is 369. The molecular formula is C15H25N3. The Morgan fingerprint density at radius 1 is 1.33 bits per heavy atom. The van der Waals surface area contributed by atoms with Gasteiger partial charge in [-0.15, -0.1) is 0 Å². The zero-order chi connectivity index (χ0) is 13.0. The van der Waals surface area contributed by atoms with Crippen LogP contribution in [0.25, 0.3) is 0 Å². The maximum absolute atomic E-state index is 3.58. The third-order valence-electron chi connectivity index (χ3n) is 3.73. The number of rotatable bonds is 4. The summed E-state index contributed by atoms with van der Waals surface area (Å²) >= 11 is 0. The molecule has 2 N–H and O–H groups in total. The van der Waals surface area contributed by atoms with E-state index in [0.717, 1.165) is 19.6 Å². The molecule has 1 aromatic carbocycles. The van der Waals surface area contributed by atoms with Gasteiger partial charge in [-0.2, -0.15) is 0 Å². The van der Waals surface area contributed by atoms with Crippen molar-refractivity contribution in [3.8, 4) is 0 Å². The number of nitrogens with zero attached hydrogens (tertiary/aromatic N) is 1. The van der Waals surface area contributed by atoms with Gasteiger partial charge in [-0.25, -0.2) is 0 Å². The van der Waals surface area contributed by atoms with E-state index in [1.807, 2.05) is 0 Å². The van der Waals surface area contributed by atoms with Crippen LogP contribution < -0.4 is 10.6 Å². The van der Waals surface area contributed by atoms with E-state index in [4.69, 9.17) is 0 Å². The summed E-state index contributed by atoms with van der Waals surface area (Å²) in [5, 5.41) is 7.17. The second-order valence-corrected chi connectivity index (χ2v) is 5.40. The van der Waals surface area contributed by atoms with E-state index in [2.05, 4.69) is 54.6 Å².